The highest BCUT2D eigenvalue weighted by Crippen LogP contribution is 2.45. The molecule has 3 unspecified atom stereocenters. The van der Waals surface area contributed by atoms with E-state index >= 15 is 0 Å². The van der Waals surface area contributed by atoms with Crippen LogP contribution in [0, 0.1) is 23.7 Å². The number of phosphoric ester groups is 2. The molecule has 3 N–H and O–H groups in total. The second kappa shape index (κ2) is 62.6. The number of phosphoric acid groups is 2. The van der Waals surface area contributed by atoms with Gasteiger partial charge in [-0.15, -0.1) is 0 Å². The van der Waals surface area contributed by atoms with Gasteiger partial charge in [0.1, 0.15) is 19.3 Å². The van der Waals surface area contributed by atoms with E-state index in [2.05, 4.69) is 55.4 Å². The Morgan fingerprint density at radius 3 is 0.674 bits per heavy atom. The zero-order valence-corrected chi connectivity index (χ0v) is 62.0. The average molecular weight is 1350 g/mol. The lowest BCUT2D eigenvalue weighted by molar-refractivity contribution is -0.161. The van der Waals surface area contributed by atoms with E-state index < -0.39 is 97.5 Å². The number of esters is 4. The Balaban J connectivity index is 5.23. The summed E-state index contributed by atoms with van der Waals surface area (Å²) < 4.78 is 68.4. The van der Waals surface area contributed by atoms with E-state index in [1.165, 1.54) is 161 Å². The molecule has 0 aromatic heterocycles. The van der Waals surface area contributed by atoms with Crippen molar-refractivity contribution >= 4 is 39.5 Å². The summed E-state index contributed by atoms with van der Waals surface area (Å²) in [6.45, 7) is 14.1. The molecule has 0 rings (SSSR count). The molecule has 0 spiro atoms. The van der Waals surface area contributed by atoms with Crippen LogP contribution in [0.25, 0.3) is 0 Å². The van der Waals surface area contributed by atoms with E-state index in [9.17, 15) is 43.2 Å². The Labute approximate surface area is 562 Å². The van der Waals surface area contributed by atoms with E-state index in [1.807, 2.05) is 0 Å². The van der Waals surface area contributed by atoms with E-state index in [0.29, 0.717) is 31.6 Å². The molecular formula is C73H142O17P2. The number of rotatable bonds is 70. The SMILES string of the molecule is CC(C)CCCCCCCCCCCCCCCCCC(=O)O[C@H](COC(=O)CCCCCCCCCC(C)C)COP(=O)(O)OCC(O)COP(=O)(O)OC[C@@H](COC(=O)CCCCCCCCCCC(C)C)OC(=O)CCCCCCCCCCCCC(C)C. The Kier molecular flexibility index (Phi) is 61.3. The van der Waals surface area contributed by atoms with E-state index in [0.717, 1.165) is 114 Å². The second-order valence-electron chi connectivity index (χ2n) is 28.2. The molecule has 546 valence electrons. The first-order chi connectivity index (χ1) is 44.1. The number of aliphatic hydroxyl groups is 1. The molecular weight excluding hydrogens is 1210 g/mol. The highest BCUT2D eigenvalue weighted by molar-refractivity contribution is 7.47. The maximum atomic E-state index is 13.0. The first-order valence-corrected chi connectivity index (χ1v) is 40.7. The van der Waals surface area contributed by atoms with E-state index in [4.69, 9.17) is 37.0 Å². The second-order valence-corrected chi connectivity index (χ2v) is 31.1. The molecule has 0 fully saturated rings. The van der Waals surface area contributed by atoms with Gasteiger partial charge in [0.2, 0.25) is 0 Å². The Hall–Kier alpha value is -1.94. The van der Waals surface area contributed by atoms with Crippen molar-refractivity contribution in [3.63, 3.8) is 0 Å². The molecule has 19 heteroatoms. The molecule has 0 aromatic rings. The zero-order chi connectivity index (χ0) is 68.2. The molecule has 0 aromatic carbocycles. The third-order valence-electron chi connectivity index (χ3n) is 16.8. The predicted octanol–water partition coefficient (Wildman–Crippen LogP) is 20.9. The molecule has 0 radical (unpaired) electrons. The van der Waals surface area contributed by atoms with Gasteiger partial charge in [0.25, 0.3) is 0 Å². The third-order valence-corrected chi connectivity index (χ3v) is 18.7. The number of hydrogen-bond acceptors (Lipinski definition) is 15. The van der Waals surface area contributed by atoms with Gasteiger partial charge in [-0.2, -0.15) is 0 Å². The maximum Gasteiger partial charge on any atom is 0.472 e. The highest BCUT2D eigenvalue weighted by Gasteiger charge is 2.30. The number of unbranched alkanes of at least 4 members (excludes halogenated alkanes) is 36. The topological polar surface area (TPSA) is 237 Å². The van der Waals surface area contributed by atoms with Gasteiger partial charge in [-0.1, -0.05) is 312 Å². The first kappa shape index (κ1) is 90.1. The maximum absolute atomic E-state index is 13.0. The fraction of sp³-hybridized carbons (Fsp3) is 0.945. The molecule has 0 aliphatic carbocycles. The molecule has 0 saturated heterocycles. The van der Waals surface area contributed by atoms with Crippen molar-refractivity contribution in [2.24, 2.45) is 23.7 Å². The van der Waals surface area contributed by atoms with Crippen LogP contribution >= 0.6 is 15.6 Å². The quantitative estimate of drug-likeness (QED) is 0.0222. The molecule has 0 saturated carbocycles. The van der Waals surface area contributed by atoms with Crippen LogP contribution in [0.5, 0.6) is 0 Å². The van der Waals surface area contributed by atoms with Crippen molar-refractivity contribution < 1.29 is 80.2 Å². The van der Waals surface area contributed by atoms with Gasteiger partial charge in [0, 0.05) is 25.7 Å². The minimum atomic E-state index is -4.95. The largest absolute Gasteiger partial charge is 0.472 e. The lowest BCUT2D eigenvalue weighted by Crippen LogP contribution is -2.30. The Morgan fingerprint density at radius 1 is 0.272 bits per heavy atom. The van der Waals surface area contributed by atoms with Gasteiger partial charge in [0.15, 0.2) is 12.2 Å². The highest BCUT2D eigenvalue weighted by atomic mass is 31.2. The molecule has 0 bridgehead atoms. The van der Waals surface area contributed by atoms with Gasteiger partial charge in [-0.25, -0.2) is 9.13 Å². The van der Waals surface area contributed by atoms with Crippen molar-refractivity contribution in [2.45, 2.75) is 382 Å². The van der Waals surface area contributed by atoms with Crippen molar-refractivity contribution in [2.75, 3.05) is 39.6 Å². The van der Waals surface area contributed by atoms with Gasteiger partial charge in [0.05, 0.1) is 26.4 Å². The van der Waals surface area contributed by atoms with Crippen LogP contribution in [0.15, 0.2) is 0 Å². The van der Waals surface area contributed by atoms with Crippen LogP contribution in [-0.2, 0) is 65.4 Å². The van der Waals surface area contributed by atoms with Gasteiger partial charge < -0.3 is 33.8 Å². The van der Waals surface area contributed by atoms with E-state index in [-0.39, 0.29) is 25.7 Å². The first-order valence-electron chi connectivity index (χ1n) is 37.7. The number of ether oxygens (including phenoxy) is 4. The van der Waals surface area contributed by atoms with Crippen molar-refractivity contribution in [1.82, 2.24) is 0 Å². The number of hydrogen-bond donors (Lipinski definition) is 3. The summed E-state index contributed by atoms with van der Waals surface area (Å²) in [5.41, 5.74) is 0. The summed E-state index contributed by atoms with van der Waals surface area (Å²) in [6, 6.07) is 0. The summed E-state index contributed by atoms with van der Waals surface area (Å²) >= 11 is 0. The summed E-state index contributed by atoms with van der Waals surface area (Å²) in [4.78, 5) is 72.6. The molecule has 5 atom stereocenters. The van der Waals surface area contributed by atoms with Crippen LogP contribution < -0.4 is 0 Å². The van der Waals surface area contributed by atoms with Crippen LogP contribution in [0.2, 0.25) is 0 Å². The van der Waals surface area contributed by atoms with Gasteiger partial charge in [-0.05, 0) is 49.4 Å². The molecule has 0 amide bonds. The molecule has 92 heavy (non-hydrogen) atoms. The summed E-state index contributed by atoms with van der Waals surface area (Å²) in [5, 5.41) is 10.6. The van der Waals surface area contributed by atoms with Crippen LogP contribution in [0.3, 0.4) is 0 Å². The van der Waals surface area contributed by atoms with Crippen LogP contribution in [-0.4, -0.2) is 96.7 Å². The van der Waals surface area contributed by atoms with Crippen LogP contribution in [0.4, 0.5) is 0 Å². The van der Waals surface area contributed by atoms with Crippen molar-refractivity contribution in [3.05, 3.63) is 0 Å². The lowest BCUT2D eigenvalue weighted by Gasteiger charge is -2.21. The summed E-state index contributed by atoms with van der Waals surface area (Å²) in [7, 11) is -9.91. The fourth-order valence-corrected chi connectivity index (χ4v) is 12.6. The average Bonchev–Trinajstić information content (AvgIpc) is 1.85. The molecule has 17 nitrogen and oxygen atoms in total. The number of carbonyl (C=O) groups is 4. The minimum absolute atomic E-state index is 0.105. The number of carbonyl (C=O) groups excluding carboxylic acids is 4. The van der Waals surface area contributed by atoms with Gasteiger partial charge in [-0.3, -0.25) is 37.3 Å². The monoisotopic (exact) mass is 1350 g/mol. The fourth-order valence-electron chi connectivity index (χ4n) is 11.0. The summed E-state index contributed by atoms with van der Waals surface area (Å²) in [6.07, 6.45) is 45.9. The summed E-state index contributed by atoms with van der Waals surface area (Å²) in [5.74, 6) is 0.859. The van der Waals surface area contributed by atoms with Crippen LogP contribution in [0.1, 0.15) is 364 Å². The van der Waals surface area contributed by atoms with Gasteiger partial charge >= 0.3 is 39.5 Å². The third kappa shape index (κ3) is 66.7. The smallest absolute Gasteiger partial charge is 0.462 e. The molecule has 0 aliphatic heterocycles. The van der Waals surface area contributed by atoms with E-state index in [1.54, 1.807) is 0 Å². The van der Waals surface area contributed by atoms with Crippen molar-refractivity contribution in [1.29, 1.82) is 0 Å². The zero-order valence-electron chi connectivity index (χ0n) is 60.2. The minimum Gasteiger partial charge on any atom is -0.462 e. The Bertz CT molecular complexity index is 1820. The normalized spacial score (nSPS) is 14.2. The predicted molar refractivity (Wildman–Crippen MR) is 372 cm³/mol. The molecule has 0 aliphatic rings. The Morgan fingerprint density at radius 2 is 0.457 bits per heavy atom. The number of aliphatic hydroxyl groups excluding tert-OH is 1. The molecule has 0 heterocycles. The lowest BCUT2D eigenvalue weighted by atomic mass is 10.0. The standard InChI is InChI=1S/C73H142O17P2/c1-63(2)49-41-33-25-18-14-12-10-9-11-13-15-20-30-39-47-55-72(77)90-69(60-84-71(76)54-46-38-32-24-28-36-44-52-66(7)8)62-88-92(81,82)86-58-67(74)57-85-91(79,80)87-61-68(59-83-70(75)53-45-37-29-23-22-27-35-43-51-65(5)6)89-73(78)56-48-40-31-21-17-16-19-26-34-42-50-64(3)4/h63-69,74H,9-62H2,1-8H3,(H,79,80)(H,81,82)/t67?,68-,69-/m1/s1. The van der Waals surface area contributed by atoms with Crippen molar-refractivity contribution in [3.8, 4) is 0 Å².